The Balaban J connectivity index is 1.22. The number of benzene rings is 1. The largest absolute Gasteiger partial charge is 0.356 e. The molecule has 2 aromatic heterocycles. The van der Waals surface area contributed by atoms with Gasteiger partial charge < -0.3 is 15.0 Å². The van der Waals surface area contributed by atoms with Gasteiger partial charge in [-0.2, -0.15) is 5.10 Å². The molecule has 3 aliphatic rings. The maximum Gasteiger partial charge on any atom is 0.254 e. The van der Waals surface area contributed by atoms with E-state index in [0.717, 1.165) is 42.1 Å². The van der Waals surface area contributed by atoms with Gasteiger partial charge in [0.1, 0.15) is 6.54 Å². The van der Waals surface area contributed by atoms with Crippen molar-refractivity contribution in [3.8, 4) is 0 Å². The molecule has 2 amide bonds. The van der Waals surface area contributed by atoms with Crippen molar-refractivity contribution >= 4 is 44.6 Å². The summed E-state index contributed by atoms with van der Waals surface area (Å²) in [5, 5.41) is 7.43. The van der Waals surface area contributed by atoms with E-state index >= 15 is 0 Å². The van der Waals surface area contributed by atoms with Crippen LogP contribution in [0.25, 0.3) is 11.0 Å². The fraction of sp³-hybridized carbons (Fsp3) is 0.417. The highest BCUT2D eigenvalue weighted by atomic mass is 79.9. The van der Waals surface area contributed by atoms with Crippen LogP contribution in [0.4, 0.5) is 10.2 Å². The Morgan fingerprint density at radius 1 is 1.29 bits per heavy atom. The van der Waals surface area contributed by atoms with Crippen molar-refractivity contribution in [2.75, 3.05) is 25.0 Å². The van der Waals surface area contributed by atoms with Crippen LogP contribution < -0.4 is 5.32 Å². The quantitative estimate of drug-likeness (QED) is 0.550. The van der Waals surface area contributed by atoms with E-state index in [2.05, 4.69) is 31.3 Å². The van der Waals surface area contributed by atoms with Gasteiger partial charge in [0, 0.05) is 34.0 Å². The molecule has 1 aromatic carbocycles. The number of amides is 2. The number of hydrogen-bond acceptors (Lipinski definition) is 5. The molecule has 6 rings (SSSR count). The lowest BCUT2D eigenvalue weighted by Crippen LogP contribution is -2.46. The first-order valence-corrected chi connectivity index (χ1v) is 12.3. The summed E-state index contributed by atoms with van der Waals surface area (Å²) in [6.07, 6.45) is 6.05. The smallest absolute Gasteiger partial charge is 0.254 e. The van der Waals surface area contributed by atoms with Crippen LogP contribution in [0.5, 0.6) is 0 Å². The summed E-state index contributed by atoms with van der Waals surface area (Å²) < 4.78 is 23.1. The van der Waals surface area contributed by atoms with E-state index in [1.54, 1.807) is 21.8 Å². The molecule has 8 nitrogen and oxygen atoms in total. The van der Waals surface area contributed by atoms with Crippen molar-refractivity contribution in [1.29, 1.82) is 0 Å². The number of carbonyl (C=O) groups excluding carboxylic acids is 2. The first-order chi connectivity index (χ1) is 16.4. The second-order valence-electron chi connectivity index (χ2n) is 9.32. The van der Waals surface area contributed by atoms with E-state index in [0.29, 0.717) is 29.7 Å². The number of carbonyl (C=O) groups is 2. The molecular weight excluding hydrogens is 505 g/mol. The third-order valence-corrected chi connectivity index (χ3v) is 7.45. The van der Waals surface area contributed by atoms with Crippen LogP contribution in [-0.4, -0.2) is 51.2 Å². The van der Waals surface area contributed by atoms with Crippen molar-refractivity contribution in [2.45, 2.75) is 43.7 Å². The SMILES string of the molecule is O=C(CN1CC2(CC2)c2cc(Br)ccc2C1=O)Nc1nc2c(cnn2C2CCCCO2)cc1F. The molecular formula is C24H23BrFN5O3. The summed E-state index contributed by atoms with van der Waals surface area (Å²) in [7, 11) is 0. The first-order valence-electron chi connectivity index (χ1n) is 11.5. The molecule has 1 saturated heterocycles. The van der Waals surface area contributed by atoms with Crippen LogP contribution in [0.15, 0.2) is 34.9 Å². The van der Waals surface area contributed by atoms with Gasteiger partial charge in [0.25, 0.3) is 5.91 Å². The van der Waals surface area contributed by atoms with Gasteiger partial charge in [-0.15, -0.1) is 0 Å². The molecule has 3 aromatic rings. The van der Waals surface area contributed by atoms with E-state index in [1.807, 2.05) is 12.1 Å². The Kier molecular flexibility index (Phi) is 5.18. The van der Waals surface area contributed by atoms with E-state index in [4.69, 9.17) is 4.74 Å². The van der Waals surface area contributed by atoms with Crippen LogP contribution in [0.1, 0.15) is 54.3 Å². The minimum Gasteiger partial charge on any atom is -0.356 e. The van der Waals surface area contributed by atoms with E-state index < -0.39 is 11.7 Å². The van der Waals surface area contributed by atoms with Crippen molar-refractivity contribution in [1.82, 2.24) is 19.7 Å². The van der Waals surface area contributed by atoms with Crippen molar-refractivity contribution in [2.24, 2.45) is 0 Å². The number of ether oxygens (including phenoxy) is 1. The number of halogens is 2. The summed E-state index contributed by atoms with van der Waals surface area (Å²) in [6.45, 7) is 0.950. The van der Waals surface area contributed by atoms with Gasteiger partial charge in [-0.05, 0) is 61.9 Å². The lowest BCUT2D eigenvalue weighted by Gasteiger charge is -2.34. The predicted molar refractivity (Wildman–Crippen MR) is 126 cm³/mol. The van der Waals surface area contributed by atoms with Gasteiger partial charge in [0.2, 0.25) is 5.91 Å². The third-order valence-electron chi connectivity index (χ3n) is 6.96. The maximum atomic E-state index is 14.7. The highest BCUT2D eigenvalue weighted by Gasteiger charge is 2.51. The van der Waals surface area contributed by atoms with Crippen molar-refractivity contribution < 1.29 is 18.7 Å². The van der Waals surface area contributed by atoms with Gasteiger partial charge in [-0.25, -0.2) is 14.1 Å². The number of aromatic nitrogens is 3. The van der Waals surface area contributed by atoms with E-state index in [1.165, 1.54) is 6.07 Å². The van der Waals surface area contributed by atoms with Crippen LogP contribution in [0.3, 0.4) is 0 Å². The monoisotopic (exact) mass is 527 g/mol. The molecule has 176 valence electrons. The zero-order valence-corrected chi connectivity index (χ0v) is 20.0. The maximum absolute atomic E-state index is 14.7. The highest BCUT2D eigenvalue weighted by molar-refractivity contribution is 9.10. The third kappa shape index (κ3) is 3.69. The summed E-state index contributed by atoms with van der Waals surface area (Å²) in [5.74, 6) is -1.50. The van der Waals surface area contributed by atoms with Crippen LogP contribution in [-0.2, 0) is 14.9 Å². The predicted octanol–water partition coefficient (Wildman–Crippen LogP) is 4.16. The van der Waals surface area contributed by atoms with E-state index in [-0.39, 0.29) is 29.9 Å². The molecule has 1 N–H and O–H groups in total. The second-order valence-corrected chi connectivity index (χ2v) is 10.2. The lowest BCUT2D eigenvalue weighted by molar-refractivity contribution is -0.117. The van der Waals surface area contributed by atoms with Crippen molar-refractivity contribution in [3.05, 3.63) is 51.9 Å². The lowest BCUT2D eigenvalue weighted by atomic mass is 9.86. The number of anilines is 1. The normalized spacial score (nSPS) is 21.1. The number of rotatable bonds is 4. The second kappa shape index (κ2) is 8.13. The fourth-order valence-corrected chi connectivity index (χ4v) is 5.41. The summed E-state index contributed by atoms with van der Waals surface area (Å²) in [6, 6.07) is 6.95. The zero-order chi connectivity index (χ0) is 23.4. The molecule has 2 aliphatic heterocycles. The Labute approximate surface area is 203 Å². The van der Waals surface area contributed by atoms with Gasteiger partial charge >= 0.3 is 0 Å². The fourth-order valence-electron chi connectivity index (χ4n) is 5.05. The molecule has 10 heteroatoms. The number of nitrogens with zero attached hydrogens (tertiary/aromatic N) is 4. The highest BCUT2D eigenvalue weighted by Crippen LogP contribution is 2.52. The van der Waals surface area contributed by atoms with Gasteiger partial charge in [-0.1, -0.05) is 15.9 Å². The van der Waals surface area contributed by atoms with Gasteiger partial charge in [0.05, 0.1) is 6.20 Å². The Morgan fingerprint density at radius 2 is 2.15 bits per heavy atom. The molecule has 4 heterocycles. The molecule has 1 atom stereocenters. The van der Waals surface area contributed by atoms with Crippen LogP contribution in [0.2, 0.25) is 0 Å². The molecule has 1 unspecified atom stereocenters. The molecule has 2 fully saturated rings. The summed E-state index contributed by atoms with van der Waals surface area (Å²) in [4.78, 5) is 31.8. The Hall–Kier alpha value is -2.85. The standard InChI is InChI=1S/C24H23BrFN5O3/c25-15-4-5-16-17(10-15)24(6-7-24)13-30(23(16)33)12-19(32)28-21-18(26)9-14-11-27-31(22(14)29-21)20-3-1-2-8-34-20/h4-5,9-11,20H,1-3,6-8,12-13H2,(H,28,29,32). The molecule has 0 bridgehead atoms. The van der Waals surface area contributed by atoms with Crippen LogP contribution >= 0.6 is 15.9 Å². The topological polar surface area (TPSA) is 89.4 Å². The molecule has 0 radical (unpaired) electrons. The van der Waals surface area contributed by atoms with Crippen molar-refractivity contribution in [3.63, 3.8) is 0 Å². The number of fused-ring (bicyclic) bond motifs is 3. The summed E-state index contributed by atoms with van der Waals surface area (Å²) >= 11 is 3.49. The minimum atomic E-state index is -0.649. The Morgan fingerprint density at radius 3 is 2.91 bits per heavy atom. The molecule has 1 spiro atoms. The average Bonchev–Trinajstić information content (AvgIpc) is 3.49. The van der Waals surface area contributed by atoms with Crippen LogP contribution in [0, 0.1) is 5.82 Å². The minimum absolute atomic E-state index is 0.0950. The molecule has 1 saturated carbocycles. The summed E-state index contributed by atoms with van der Waals surface area (Å²) in [5.41, 5.74) is 2.03. The molecule has 34 heavy (non-hydrogen) atoms. The Bertz CT molecular complexity index is 1320. The number of pyridine rings is 1. The average molecular weight is 528 g/mol. The first kappa shape index (κ1) is 21.7. The molecule has 1 aliphatic carbocycles. The number of nitrogens with one attached hydrogen (secondary N) is 1. The van der Waals surface area contributed by atoms with Gasteiger partial charge in [0.15, 0.2) is 23.5 Å². The zero-order valence-electron chi connectivity index (χ0n) is 18.4. The van der Waals surface area contributed by atoms with Gasteiger partial charge in [-0.3, -0.25) is 9.59 Å². The number of hydrogen-bond donors (Lipinski definition) is 1. The van der Waals surface area contributed by atoms with E-state index in [9.17, 15) is 14.0 Å².